The monoisotopic (exact) mass is 305 g/mol. The molecule has 0 bridgehead atoms. The maximum absolute atomic E-state index is 11.9. The minimum atomic E-state index is -0.712. The van der Waals surface area contributed by atoms with Gasteiger partial charge in [-0.1, -0.05) is 17.5 Å². The summed E-state index contributed by atoms with van der Waals surface area (Å²) in [6.07, 6.45) is 5.00. The molecule has 0 aliphatic heterocycles. The molecular weight excluding hydrogens is 294 g/mol. The number of nitrogens with one attached hydrogen (secondary N) is 1. The molecule has 1 aromatic heterocycles. The van der Waals surface area contributed by atoms with Crippen LogP contribution < -0.4 is 5.32 Å². The normalized spacial score (nSPS) is 10.1. The highest BCUT2D eigenvalue weighted by Gasteiger charge is 2.20. The molecule has 0 saturated heterocycles. The third-order valence-corrected chi connectivity index (χ3v) is 3.04. The molecule has 2 rings (SSSR count). The van der Waals surface area contributed by atoms with Gasteiger partial charge in [-0.05, 0) is 25.1 Å². The van der Waals surface area contributed by atoms with Crippen molar-refractivity contribution in [3.8, 4) is 12.3 Å². The van der Waals surface area contributed by atoms with E-state index in [-0.39, 0.29) is 12.3 Å². The minimum Gasteiger partial charge on any atom is -0.450 e. The predicted molar refractivity (Wildman–Crippen MR) is 78.1 cm³/mol. The summed E-state index contributed by atoms with van der Waals surface area (Å²) in [5.74, 6) is 1.11. The van der Waals surface area contributed by atoms with E-state index < -0.39 is 18.5 Å². The maximum Gasteiger partial charge on any atom is 0.375 e. The summed E-state index contributed by atoms with van der Waals surface area (Å²) in [6, 6.07) is 5.03. The van der Waals surface area contributed by atoms with Crippen molar-refractivity contribution in [2.45, 2.75) is 6.92 Å². The molecule has 21 heavy (non-hydrogen) atoms. The van der Waals surface area contributed by atoms with Crippen LogP contribution >= 0.6 is 11.6 Å². The number of carbonyl (C=O) groups is 2. The molecule has 0 spiro atoms. The van der Waals surface area contributed by atoms with Crippen LogP contribution in [0.4, 0.5) is 0 Å². The topological polar surface area (TPSA) is 68.5 Å². The van der Waals surface area contributed by atoms with E-state index in [9.17, 15) is 9.59 Å². The van der Waals surface area contributed by atoms with Gasteiger partial charge in [0, 0.05) is 16.0 Å². The maximum atomic E-state index is 11.9. The number of ether oxygens (including phenoxy) is 1. The van der Waals surface area contributed by atoms with E-state index in [1.807, 2.05) is 0 Å². The first-order chi connectivity index (χ1) is 10.0. The van der Waals surface area contributed by atoms with Crippen LogP contribution in [-0.4, -0.2) is 25.0 Å². The van der Waals surface area contributed by atoms with Gasteiger partial charge in [-0.2, -0.15) is 0 Å². The molecular formula is C15H12ClNO4. The van der Waals surface area contributed by atoms with Crippen LogP contribution in [0.2, 0.25) is 5.02 Å². The average molecular weight is 306 g/mol. The van der Waals surface area contributed by atoms with E-state index in [1.54, 1.807) is 25.1 Å². The predicted octanol–water partition coefficient (Wildman–Crippen LogP) is 2.30. The zero-order chi connectivity index (χ0) is 15.4. The van der Waals surface area contributed by atoms with E-state index in [1.165, 1.54) is 0 Å². The summed E-state index contributed by atoms with van der Waals surface area (Å²) < 4.78 is 10.3. The molecule has 1 amide bonds. The van der Waals surface area contributed by atoms with E-state index in [2.05, 4.69) is 11.2 Å². The molecule has 1 aromatic carbocycles. The number of halogens is 1. The lowest BCUT2D eigenvalue weighted by molar-refractivity contribution is -0.124. The molecule has 108 valence electrons. The van der Waals surface area contributed by atoms with Gasteiger partial charge in [-0.25, -0.2) is 4.79 Å². The fraction of sp³-hybridized carbons (Fsp3) is 0.200. The second-order valence-corrected chi connectivity index (χ2v) is 4.69. The van der Waals surface area contributed by atoms with Gasteiger partial charge in [-0.3, -0.25) is 4.79 Å². The molecule has 0 aliphatic carbocycles. The van der Waals surface area contributed by atoms with Gasteiger partial charge in [-0.15, -0.1) is 6.42 Å². The largest absolute Gasteiger partial charge is 0.450 e. The molecule has 0 unspecified atom stereocenters. The van der Waals surface area contributed by atoms with E-state index >= 15 is 0 Å². The van der Waals surface area contributed by atoms with Crippen LogP contribution in [0, 0.1) is 19.3 Å². The first-order valence-corrected chi connectivity index (χ1v) is 6.46. The molecule has 1 heterocycles. The number of rotatable bonds is 4. The molecule has 6 heteroatoms. The Kier molecular flexibility index (Phi) is 4.51. The second-order valence-electron chi connectivity index (χ2n) is 4.25. The standard InChI is InChI=1S/C15H12ClNO4/c1-3-6-17-13(18)8-20-15(19)14-9(2)11-7-10(16)4-5-12(11)21-14/h1,4-5,7H,6,8H2,2H3,(H,17,18). The smallest absolute Gasteiger partial charge is 0.375 e. The summed E-state index contributed by atoms with van der Waals surface area (Å²) in [6.45, 7) is 1.38. The third kappa shape index (κ3) is 3.36. The lowest BCUT2D eigenvalue weighted by Gasteiger charge is -2.03. The van der Waals surface area contributed by atoms with Crippen LogP contribution in [0.15, 0.2) is 22.6 Å². The summed E-state index contributed by atoms with van der Waals surface area (Å²) in [5.41, 5.74) is 1.14. The fourth-order valence-electron chi connectivity index (χ4n) is 1.79. The van der Waals surface area contributed by atoms with Crippen molar-refractivity contribution in [3.63, 3.8) is 0 Å². The third-order valence-electron chi connectivity index (χ3n) is 2.81. The number of terminal acetylenes is 1. The Morgan fingerprint density at radius 3 is 2.95 bits per heavy atom. The van der Waals surface area contributed by atoms with Gasteiger partial charge < -0.3 is 14.5 Å². The van der Waals surface area contributed by atoms with Gasteiger partial charge in [0.1, 0.15) is 5.58 Å². The van der Waals surface area contributed by atoms with Gasteiger partial charge in [0.15, 0.2) is 6.61 Å². The first-order valence-electron chi connectivity index (χ1n) is 6.09. The number of carbonyl (C=O) groups excluding carboxylic acids is 2. The van der Waals surface area contributed by atoms with Gasteiger partial charge in [0.25, 0.3) is 5.91 Å². The lowest BCUT2D eigenvalue weighted by atomic mass is 10.1. The van der Waals surface area contributed by atoms with Gasteiger partial charge in [0.2, 0.25) is 5.76 Å². The van der Waals surface area contributed by atoms with Gasteiger partial charge >= 0.3 is 5.97 Å². The van der Waals surface area contributed by atoms with Crippen molar-refractivity contribution in [2.75, 3.05) is 13.2 Å². The number of benzene rings is 1. The highest BCUT2D eigenvalue weighted by molar-refractivity contribution is 6.31. The molecule has 0 radical (unpaired) electrons. The SMILES string of the molecule is C#CCNC(=O)COC(=O)c1oc2ccc(Cl)cc2c1C. The summed E-state index contributed by atoms with van der Waals surface area (Å²) >= 11 is 5.90. The highest BCUT2D eigenvalue weighted by atomic mass is 35.5. The summed E-state index contributed by atoms with van der Waals surface area (Å²) in [5, 5.41) is 3.66. The number of hydrogen-bond acceptors (Lipinski definition) is 4. The highest BCUT2D eigenvalue weighted by Crippen LogP contribution is 2.28. The van der Waals surface area contributed by atoms with Crippen molar-refractivity contribution < 1.29 is 18.7 Å². The zero-order valence-corrected chi connectivity index (χ0v) is 12.0. The molecule has 0 fully saturated rings. The summed E-state index contributed by atoms with van der Waals surface area (Å²) in [4.78, 5) is 23.2. The number of esters is 1. The fourth-order valence-corrected chi connectivity index (χ4v) is 1.96. The minimum absolute atomic E-state index is 0.0528. The molecule has 5 nitrogen and oxygen atoms in total. The van der Waals surface area contributed by atoms with Crippen molar-refractivity contribution in [1.29, 1.82) is 0 Å². The Labute approximate surface area is 126 Å². The van der Waals surface area contributed by atoms with Crippen molar-refractivity contribution in [1.82, 2.24) is 5.32 Å². The Morgan fingerprint density at radius 2 is 2.24 bits per heavy atom. The van der Waals surface area contributed by atoms with Crippen molar-refractivity contribution in [2.24, 2.45) is 0 Å². The van der Waals surface area contributed by atoms with Gasteiger partial charge in [0.05, 0.1) is 6.54 Å². The van der Waals surface area contributed by atoms with Crippen molar-refractivity contribution in [3.05, 3.63) is 34.5 Å². The van der Waals surface area contributed by atoms with Crippen LogP contribution in [0.1, 0.15) is 16.1 Å². The van der Waals surface area contributed by atoms with E-state index in [0.717, 1.165) is 5.39 Å². The Hall–Kier alpha value is -2.45. The van der Waals surface area contributed by atoms with E-state index in [0.29, 0.717) is 16.2 Å². The number of hydrogen-bond donors (Lipinski definition) is 1. The Morgan fingerprint density at radius 1 is 1.48 bits per heavy atom. The second kappa shape index (κ2) is 6.33. The molecule has 0 saturated carbocycles. The lowest BCUT2D eigenvalue weighted by Crippen LogP contribution is -2.29. The van der Waals surface area contributed by atoms with Crippen molar-refractivity contribution >= 4 is 34.4 Å². The van der Waals surface area contributed by atoms with Crippen LogP contribution in [0.25, 0.3) is 11.0 Å². The first kappa shape index (κ1) is 14.9. The quantitative estimate of drug-likeness (QED) is 0.695. The number of aryl methyl sites for hydroxylation is 1. The number of furan rings is 1. The Balaban J connectivity index is 2.11. The summed E-state index contributed by atoms with van der Waals surface area (Å²) in [7, 11) is 0. The zero-order valence-electron chi connectivity index (χ0n) is 11.2. The Bertz CT molecular complexity index is 742. The molecule has 0 aliphatic rings. The van der Waals surface area contributed by atoms with E-state index in [4.69, 9.17) is 27.2 Å². The van der Waals surface area contributed by atoms with Crippen LogP contribution in [0.5, 0.6) is 0 Å². The average Bonchev–Trinajstić information content (AvgIpc) is 2.79. The van der Waals surface area contributed by atoms with Crippen LogP contribution in [-0.2, 0) is 9.53 Å². The van der Waals surface area contributed by atoms with Crippen LogP contribution in [0.3, 0.4) is 0 Å². The molecule has 2 aromatic rings. The number of amides is 1. The molecule has 0 atom stereocenters. The number of fused-ring (bicyclic) bond motifs is 1. The molecule has 1 N–H and O–H groups in total.